The molecule has 0 atom stereocenters. The number of benzene rings is 8. The topological polar surface area (TPSA) is 21.3 Å². The smallest absolute Gasteiger partial charge is 0.140 e. The molecule has 10 aromatic rings. The maximum absolute atomic E-state index is 6.97. The number of anilines is 3. The normalized spacial score (nSPS) is 14.6. The summed E-state index contributed by atoms with van der Waals surface area (Å²) in [5.41, 5.74) is 17.7. The highest BCUT2D eigenvalue weighted by molar-refractivity contribution is 6.16. The Morgan fingerprint density at radius 3 is 2.07 bits per heavy atom. The minimum Gasteiger partial charge on any atom is -0.456 e. The van der Waals surface area contributed by atoms with Crippen LogP contribution in [0.2, 0.25) is 0 Å². The van der Waals surface area contributed by atoms with Crippen molar-refractivity contribution < 1.29 is 4.42 Å². The second-order valence-electron chi connectivity index (χ2n) is 16.9. The van der Waals surface area contributed by atoms with E-state index in [2.05, 4.69) is 207 Å². The first-order valence-corrected chi connectivity index (χ1v) is 20.0. The standard InChI is InChI=1S/C54H40N2O/c1-53(2)42-23-14-13-22-38(42)39-29-30-41-48-44(24-15-25-46(48)57-52(41)50(39)53)55(34-17-7-5-8-18-34)36-27-28-40-45(32-36)56(35-19-9-6-10-20-35)51-47-37-21-12-11-16-33(37)26-31-43(47)54(3,4)49(40)51/h5-32H,1-4H3. The van der Waals surface area contributed by atoms with Gasteiger partial charge in [0.25, 0.3) is 0 Å². The molecule has 12 rings (SSSR count). The van der Waals surface area contributed by atoms with Gasteiger partial charge in [-0.05, 0) is 93.2 Å². The van der Waals surface area contributed by atoms with E-state index in [4.69, 9.17) is 4.42 Å². The number of hydrogen-bond donors (Lipinski definition) is 0. The quantitative estimate of drug-likeness (QED) is 0.180. The lowest BCUT2D eigenvalue weighted by Gasteiger charge is -2.27. The van der Waals surface area contributed by atoms with Gasteiger partial charge in [-0.15, -0.1) is 0 Å². The molecule has 272 valence electrons. The highest BCUT2D eigenvalue weighted by atomic mass is 16.3. The van der Waals surface area contributed by atoms with E-state index in [1.807, 2.05) is 0 Å². The monoisotopic (exact) mass is 732 g/mol. The summed E-state index contributed by atoms with van der Waals surface area (Å²) >= 11 is 0. The summed E-state index contributed by atoms with van der Waals surface area (Å²) in [5.74, 6) is 0. The fourth-order valence-electron chi connectivity index (χ4n) is 10.6. The van der Waals surface area contributed by atoms with Crippen LogP contribution in [0.3, 0.4) is 0 Å². The van der Waals surface area contributed by atoms with Crippen LogP contribution in [0.4, 0.5) is 17.1 Å². The minimum atomic E-state index is -0.192. The van der Waals surface area contributed by atoms with Crippen molar-refractivity contribution in [2.75, 3.05) is 4.90 Å². The van der Waals surface area contributed by atoms with E-state index in [0.717, 1.165) is 44.7 Å². The van der Waals surface area contributed by atoms with Gasteiger partial charge in [0.2, 0.25) is 0 Å². The van der Waals surface area contributed by atoms with Gasteiger partial charge in [0.1, 0.15) is 11.2 Å². The molecule has 0 fully saturated rings. The molecule has 0 radical (unpaired) electrons. The molecular formula is C54H40N2O. The van der Waals surface area contributed by atoms with Gasteiger partial charge in [0.05, 0.1) is 22.3 Å². The summed E-state index contributed by atoms with van der Waals surface area (Å²) in [6, 6.07) is 62.2. The van der Waals surface area contributed by atoms with Gasteiger partial charge in [-0.1, -0.05) is 143 Å². The number of fused-ring (bicyclic) bond motifs is 14. The lowest BCUT2D eigenvalue weighted by molar-refractivity contribution is 0.620. The molecule has 0 unspecified atom stereocenters. The minimum absolute atomic E-state index is 0.190. The Bertz CT molecular complexity index is 3290. The molecule has 2 aliphatic carbocycles. The number of furan rings is 1. The Morgan fingerprint density at radius 1 is 0.509 bits per heavy atom. The first-order chi connectivity index (χ1) is 27.8. The van der Waals surface area contributed by atoms with E-state index in [-0.39, 0.29) is 10.8 Å². The van der Waals surface area contributed by atoms with Crippen molar-refractivity contribution in [2.45, 2.75) is 38.5 Å². The molecule has 0 bridgehead atoms. The van der Waals surface area contributed by atoms with Crippen molar-refractivity contribution in [1.82, 2.24) is 4.57 Å². The summed E-state index contributed by atoms with van der Waals surface area (Å²) in [7, 11) is 0. The van der Waals surface area contributed by atoms with Crippen molar-refractivity contribution in [3.63, 3.8) is 0 Å². The SMILES string of the molecule is CC1(C)c2ccc3ccccc3c2-c2c1c1ccc(N(c3ccccc3)c3cccc4oc5c6c(ccc5c34)-c3ccccc3C6(C)C)cc1n2-c1ccccc1. The van der Waals surface area contributed by atoms with Gasteiger partial charge in [-0.25, -0.2) is 0 Å². The molecule has 8 aromatic carbocycles. The van der Waals surface area contributed by atoms with E-state index in [1.165, 1.54) is 66.3 Å². The number of rotatable bonds is 4. The molecule has 2 aromatic heterocycles. The summed E-state index contributed by atoms with van der Waals surface area (Å²) in [6.45, 7) is 9.45. The number of para-hydroxylation sites is 2. The maximum Gasteiger partial charge on any atom is 0.140 e. The van der Waals surface area contributed by atoms with Gasteiger partial charge in [-0.2, -0.15) is 0 Å². The van der Waals surface area contributed by atoms with Crippen molar-refractivity contribution >= 4 is 60.7 Å². The van der Waals surface area contributed by atoms with Crippen LogP contribution in [0.25, 0.3) is 71.7 Å². The molecule has 0 amide bonds. The zero-order valence-electron chi connectivity index (χ0n) is 32.5. The predicted molar refractivity (Wildman–Crippen MR) is 238 cm³/mol. The molecule has 3 nitrogen and oxygen atoms in total. The third-order valence-corrected chi connectivity index (χ3v) is 13.1. The van der Waals surface area contributed by atoms with Crippen molar-refractivity contribution in [3.8, 4) is 28.1 Å². The maximum atomic E-state index is 6.97. The van der Waals surface area contributed by atoms with Gasteiger partial charge < -0.3 is 13.9 Å². The average Bonchev–Trinajstić information content (AvgIpc) is 3.93. The van der Waals surface area contributed by atoms with Gasteiger partial charge in [0.15, 0.2) is 0 Å². The molecule has 0 spiro atoms. The van der Waals surface area contributed by atoms with Crippen LogP contribution in [0.1, 0.15) is 49.9 Å². The number of hydrogen-bond acceptors (Lipinski definition) is 2. The Morgan fingerprint density at radius 2 is 1.23 bits per heavy atom. The van der Waals surface area contributed by atoms with Crippen LogP contribution >= 0.6 is 0 Å². The molecule has 0 saturated carbocycles. The first kappa shape index (κ1) is 32.4. The Hall–Kier alpha value is -6.84. The van der Waals surface area contributed by atoms with E-state index < -0.39 is 0 Å². The third-order valence-electron chi connectivity index (χ3n) is 13.1. The molecule has 3 heteroatoms. The first-order valence-electron chi connectivity index (χ1n) is 20.0. The third kappa shape index (κ3) is 4.26. The van der Waals surface area contributed by atoms with Crippen molar-refractivity contribution in [3.05, 3.63) is 192 Å². The van der Waals surface area contributed by atoms with Crippen LogP contribution in [-0.2, 0) is 10.8 Å². The summed E-state index contributed by atoms with van der Waals surface area (Å²) in [6.07, 6.45) is 0. The van der Waals surface area contributed by atoms with Crippen LogP contribution < -0.4 is 4.90 Å². The highest BCUT2D eigenvalue weighted by Gasteiger charge is 2.42. The van der Waals surface area contributed by atoms with E-state index in [1.54, 1.807) is 0 Å². The second-order valence-corrected chi connectivity index (χ2v) is 16.9. The Balaban J connectivity index is 1.14. The van der Waals surface area contributed by atoms with Crippen molar-refractivity contribution in [2.24, 2.45) is 0 Å². The number of nitrogens with zero attached hydrogens (tertiary/aromatic N) is 2. The van der Waals surface area contributed by atoms with Crippen molar-refractivity contribution in [1.29, 1.82) is 0 Å². The number of aromatic nitrogens is 1. The summed E-state index contributed by atoms with van der Waals surface area (Å²) in [5, 5.41) is 6.09. The second kappa shape index (κ2) is 11.4. The van der Waals surface area contributed by atoms with E-state index in [9.17, 15) is 0 Å². The molecule has 57 heavy (non-hydrogen) atoms. The Kier molecular flexibility index (Phi) is 6.46. The van der Waals surface area contributed by atoms with Crippen LogP contribution in [-0.4, -0.2) is 4.57 Å². The zero-order valence-corrected chi connectivity index (χ0v) is 32.5. The highest BCUT2D eigenvalue weighted by Crippen LogP contribution is 2.57. The fourth-order valence-corrected chi connectivity index (χ4v) is 10.6. The molecular weight excluding hydrogens is 693 g/mol. The average molecular weight is 733 g/mol. The predicted octanol–water partition coefficient (Wildman–Crippen LogP) is 14.8. The van der Waals surface area contributed by atoms with Crippen LogP contribution in [0.5, 0.6) is 0 Å². The van der Waals surface area contributed by atoms with Crippen LogP contribution in [0.15, 0.2) is 174 Å². The lowest BCUT2D eigenvalue weighted by atomic mass is 9.81. The molecule has 0 N–H and O–H groups in total. The zero-order chi connectivity index (χ0) is 38.2. The van der Waals surface area contributed by atoms with Gasteiger partial charge >= 0.3 is 0 Å². The van der Waals surface area contributed by atoms with Gasteiger partial charge in [-0.3, -0.25) is 0 Å². The Labute approximate surface area is 332 Å². The lowest BCUT2D eigenvalue weighted by Crippen LogP contribution is -2.15. The van der Waals surface area contributed by atoms with Crippen LogP contribution in [0, 0.1) is 0 Å². The fraction of sp³-hybridized carbons (Fsp3) is 0.111. The molecule has 0 aliphatic heterocycles. The molecule has 0 saturated heterocycles. The summed E-state index contributed by atoms with van der Waals surface area (Å²) < 4.78 is 9.50. The van der Waals surface area contributed by atoms with E-state index in [0.29, 0.717) is 0 Å². The summed E-state index contributed by atoms with van der Waals surface area (Å²) in [4.78, 5) is 2.42. The molecule has 2 aliphatic rings. The van der Waals surface area contributed by atoms with Gasteiger partial charge in [0, 0.05) is 49.8 Å². The largest absolute Gasteiger partial charge is 0.456 e. The van der Waals surface area contributed by atoms with E-state index >= 15 is 0 Å². The molecule has 2 heterocycles.